The summed E-state index contributed by atoms with van der Waals surface area (Å²) in [5, 5.41) is 10.6. The number of carbonyl (C=O) groups excluding carboxylic acids is 2. The lowest BCUT2D eigenvalue weighted by atomic mass is 9.76. The van der Waals surface area contributed by atoms with E-state index in [0.717, 1.165) is 24.7 Å². The van der Waals surface area contributed by atoms with Crippen molar-refractivity contribution in [3.8, 4) is 5.75 Å². The van der Waals surface area contributed by atoms with Crippen LogP contribution >= 0.6 is 0 Å². The summed E-state index contributed by atoms with van der Waals surface area (Å²) >= 11 is 0. The Kier molecular flexibility index (Phi) is 8.68. The highest BCUT2D eigenvalue weighted by atomic mass is 32.2. The SMILES string of the molecule is Cc1cc([C@H]2[C@H](C(=O)NOCc3ccccc3)c3ccccc3C(=O)N2[C@H]2CCCC[C@@H]2NS(C)(=O)=O)cc(C)c1O. The maximum atomic E-state index is 14.4. The number of phenolic OH excluding ortho intramolecular Hbond substituents is 1. The lowest BCUT2D eigenvalue weighted by Crippen LogP contribution is -2.59. The fourth-order valence-electron chi connectivity index (χ4n) is 6.40. The van der Waals surface area contributed by atoms with Crippen LogP contribution in [0.1, 0.15) is 75.8 Å². The van der Waals surface area contributed by atoms with E-state index in [1.54, 1.807) is 55.1 Å². The molecule has 1 heterocycles. The molecule has 4 atom stereocenters. The van der Waals surface area contributed by atoms with E-state index in [9.17, 15) is 23.1 Å². The quantitative estimate of drug-likeness (QED) is 0.334. The van der Waals surface area contributed by atoms with Gasteiger partial charge >= 0.3 is 0 Å². The molecule has 0 spiro atoms. The molecule has 2 amide bonds. The molecule has 1 saturated carbocycles. The largest absolute Gasteiger partial charge is 0.507 e. The van der Waals surface area contributed by atoms with Crippen LogP contribution < -0.4 is 10.2 Å². The van der Waals surface area contributed by atoms with Gasteiger partial charge in [-0.3, -0.25) is 14.4 Å². The normalized spacial score (nSPS) is 22.5. The second-order valence-electron chi connectivity index (χ2n) is 11.3. The minimum atomic E-state index is -3.56. The fourth-order valence-corrected chi connectivity index (χ4v) is 7.22. The molecule has 0 bridgehead atoms. The van der Waals surface area contributed by atoms with E-state index in [-0.39, 0.29) is 18.3 Å². The Labute approximate surface area is 246 Å². The van der Waals surface area contributed by atoms with Gasteiger partial charge in [-0.25, -0.2) is 18.6 Å². The summed E-state index contributed by atoms with van der Waals surface area (Å²) in [4.78, 5) is 35.8. The molecular formula is C32H37N3O6S. The number of carbonyl (C=O) groups is 2. The molecule has 1 aliphatic carbocycles. The van der Waals surface area contributed by atoms with Crippen molar-refractivity contribution in [3.63, 3.8) is 0 Å². The molecule has 2 aliphatic rings. The number of hydroxylamine groups is 1. The van der Waals surface area contributed by atoms with Gasteiger partial charge in [0.15, 0.2) is 0 Å². The number of nitrogens with zero attached hydrogens (tertiary/aromatic N) is 1. The zero-order valence-corrected chi connectivity index (χ0v) is 24.9. The Morgan fingerprint density at radius 3 is 2.33 bits per heavy atom. The molecule has 0 aromatic heterocycles. The Bertz CT molecular complexity index is 1550. The minimum Gasteiger partial charge on any atom is -0.507 e. The molecule has 5 rings (SSSR count). The molecule has 3 N–H and O–H groups in total. The zero-order chi connectivity index (χ0) is 30.0. The average Bonchev–Trinajstić information content (AvgIpc) is 2.96. The molecule has 42 heavy (non-hydrogen) atoms. The number of amides is 2. The number of aryl methyl sites for hydroxylation is 2. The Morgan fingerprint density at radius 1 is 1.00 bits per heavy atom. The fraction of sp³-hybridized carbons (Fsp3) is 0.375. The van der Waals surface area contributed by atoms with Crippen molar-refractivity contribution >= 4 is 21.8 Å². The van der Waals surface area contributed by atoms with E-state index in [1.807, 2.05) is 30.3 Å². The first-order valence-corrected chi connectivity index (χ1v) is 16.1. The van der Waals surface area contributed by atoms with Crippen molar-refractivity contribution < 1.29 is 28.0 Å². The van der Waals surface area contributed by atoms with Crippen molar-refractivity contribution in [2.45, 2.75) is 70.2 Å². The van der Waals surface area contributed by atoms with Gasteiger partial charge < -0.3 is 10.0 Å². The number of benzene rings is 3. The lowest BCUT2D eigenvalue weighted by molar-refractivity contribution is -0.138. The van der Waals surface area contributed by atoms with Gasteiger partial charge in [0.1, 0.15) is 5.75 Å². The molecule has 9 nitrogen and oxygen atoms in total. The van der Waals surface area contributed by atoms with E-state index in [1.165, 1.54) is 0 Å². The first kappa shape index (κ1) is 29.8. The van der Waals surface area contributed by atoms with Gasteiger partial charge in [0.05, 0.1) is 24.8 Å². The van der Waals surface area contributed by atoms with Crippen LogP contribution in [0.3, 0.4) is 0 Å². The van der Waals surface area contributed by atoms with E-state index in [2.05, 4.69) is 10.2 Å². The van der Waals surface area contributed by atoms with Crippen molar-refractivity contribution in [2.75, 3.05) is 6.26 Å². The second-order valence-corrected chi connectivity index (χ2v) is 13.1. The van der Waals surface area contributed by atoms with Crippen molar-refractivity contribution in [2.24, 2.45) is 0 Å². The number of hydrogen-bond acceptors (Lipinski definition) is 6. The van der Waals surface area contributed by atoms with Crippen molar-refractivity contribution in [3.05, 3.63) is 100 Å². The molecule has 3 aromatic rings. The van der Waals surface area contributed by atoms with Gasteiger partial charge in [-0.15, -0.1) is 0 Å². The first-order chi connectivity index (χ1) is 20.0. The molecule has 10 heteroatoms. The highest BCUT2D eigenvalue weighted by Crippen LogP contribution is 2.47. The number of sulfonamides is 1. The van der Waals surface area contributed by atoms with E-state index >= 15 is 0 Å². The van der Waals surface area contributed by atoms with E-state index in [0.29, 0.717) is 40.7 Å². The van der Waals surface area contributed by atoms with Gasteiger partial charge in [-0.2, -0.15) is 0 Å². The van der Waals surface area contributed by atoms with Crippen LogP contribution in [-0.2, 0) is 26.3 Å². The Balaban J connectivity index is 1.62. The van der Waals surface area contributed by atoms with E-state index < -0.39 is 40.0 Å². The molecule has 1 aliphatic heterocycles. The summed E-state index contributed by atoms with van der Waals surface area (Å²) in [6.07, 6.45) is 3.90. The monoisotopic (exact) mass is 591 g/mol. The molecule has 0 unspecified atom stereocenters. The highest BCUT2D eigenvalue weighted by Gasteiger charge is 2.49. The van der Waals surface area contributed by atoms with Gasteiger partial charge in [0.25, 0.3) is 11.8 Å². The summed E-state index contributed by atoms with van der Waals surface area (Å²) in [5.74, 6) is -1.40. The van der Waals surface area contributed by atoms with Crippen molar-refractivity contribution in [1.29, 1.82) is 0 Å². The molecule has 0 saturated heterocycles. The smallest absolute Gasteiger partial charge is 0.255 e. The van der Waals surface area contributed by atoms with Crippen molar-refractivity contribution in [1.82, 2.24) is 15.1 Å². The molecule has 1 fully saturated rings. The lowest BCUT2D eigenvalue weighted by Gasteiger charge is -2.49. The number of hydrogen-bond donors (Lipinski definition) is 3. The summed E-state index contributed by atoms with van der Waals surface area (Å²) in [6.45, 7) is 3.72. The summed E-state index contributed by atoms with van der Waals surface area (Å²) < 4.78 is 27.5. The third-order valence-electron chi connectivity index (χ3n) is 8.22. The standard InChI is InChI=1S/C32H37N3O6S/c1-20-17-23(18-21(2)30(20)36)29-28(31(37)33-41-19-22-11-5-4-6-12-22)24-13-7-8-14-25(24)32(38)35(29)27-16-10-9-15-26(27)34-42(3,39)40/h4-8,11-14,17-18,26-29,34,36H,9-10,15-16,19H2,1-3H3,(H,33,37)/t26-,27-,28+,29-/m0/s1. The number of nitrogens with one attached hydrogen (secondary N) is 2. The second kappa shape index (κ2) is 12.2. The van der Waals surface area contributed by atoms with Crippen LogP contribution in [0.4, 0.5) is 0 Å². The summed E-state index contributed by atoms with van der Waals surface area (Å²) in [7, 11) is -3.56. The summed E-state index contributed by atoms with van der Waals surface area (Å²) in [5.41, 5.74) is 6.39. The maximum Gasteiger partial charge on any atom is 0.255 e. The van der Waals surface area contributed by atoms with Crippen LogP contribution in [0.5, 0.6) is 5.75 Å². The Morgan fingerprint density at radius 2 is 1.64 bits per heavy atom. The minimum absolute atomic E-state index is 0.148. The summed E-state index contributed by atoms with van der Waals surface area (Å²) in [6, 6.07) is 18.3. The van der Waals surface area contributed by atoms with Crippen LogP contribution in [-0.4, -0.2) is 48.6 Å². The number of fused-ring (bicyclic) bond motifs is 1. The molecule has 222 valence electrons. The van der Waals surface area contributed by atoms with Crippen LogP contribution in [0, 0.1) is 13.8 Å². The van der Waals surface area contributed by atoms with E-state index in [4.69, 9.17) is 4.84 Å². The maximum absolute atomic E-state index is 14.4. The first-order valence-electron chi connectivity index (χ1n) is 14.2. The third kappa shape index (κ3) is 6.21. The number of phenols is 1. The van der Waals surface area contributed by atoms with Gasteiger partial charge in [0.2, 0.25) is 10.0 Å². The molecule has 0 radical (unpaired) electrons. The number of rotatable bonds is 8. The van der Waals surface area contributed by atoms with Crippen LogP contribution in [0.15, 0.2) is 66.7 Å². The number of aromatic hydroxyl groups is 1. The predicted molar refractivity (Wildman–Crippen MR) is 159 cm³/mol. The van der Waals surface area contributed by atoms with Gasteiger partial charge in [-0.05, 0) is 60.6 Å². The Hall–Kier alpha value is -3.73. The van der Waals surface area contributed by atoms with Gasteiger partial charge in [-0.1, -0.05) is 73.5 Å². The van der Waals surface area contributed by atoms with Crippen LogP contribution in [0.2, 0.25) is 0 Å². The third-order valence-corrected chi connectivity index (χ3v) is 8.95. The zero-order valence-electron chi connectivity index (χ0n) is 24.0. The molecular weight excluding hydrogens is 554 g/mol. The van der Waals surface area contributed by atoms with Gasteiger partial charge in [0, 0.05) is 17.6 Å². The topological polar surface area (TPSA) is 125 Å². The van der Waals surface area contributed by atoms with Crippen LogP contribution in [0.25, 0.3) is 0 Å². The highest BCUT2D eigenvalue weighted by molar-refractivity contribution is 7.88. The molecule has 3 aromatic carbocycles. The predicted octanol–water partition coefficient (Wildman–Crippen LogP) is 4.40. The average molecular weight is 592 g/mol.